The Hall–Kier alpha value is 0.417. The van der Waals surface area contributed by atoms with Gasteiger partial charge in [-0.15, -0.1) is 27.0 Å². The van der Waals surface area contributed by atoms with Crippen LogP contribution >= 0.6 is 0 Å². The van der Waals surface area contributed by atoms with E-state index in [2.05, 4.69) is 10.3 Å². The number of halogens is 2. The minimum Gasteiger partial charge on any atom is -0.862 e. The minimum atomic E-state index is -4.94. The van der Waals surface area contributed by atoms with Crippen molar-refractivity contribution in [3.63, 3.8) is 0 Å². The zero-order chi connectivity index (χ0) is 17.8. The smallest absolute Gasteiger partial charge is 0.862 e. The summed E-state index contributed by atoms with van der Waals surface area (Å²) in [7, 11) is -9.89. The van der Waals surface area contributed by atoms with Crippen LogP contribution in [0, 0.1) is 20.5 Å². The van der Waals surface area contributed by atoms with Crippen molar-refractivity contribution in [3.8, 4) is 0 Å². The molecule has 16 nitrogen and oxygen atoms in total. The first-order valence-corrected chi connectivity index (χ1v) is 7.90. The van der Waals surface area contributed by atoms with Crippen molar-refractivity contribution in [1.29, 1.82) is 0 Å². The molecule has 0 aromatic carbocycles. The Morgan fingerprint density at radius 1 is 0.750 bits per heavy atom. The van der Waals surface area contributed by atoms with E-state index in [1.165, 1.54) is 0 Å². The molecular formula is C8H24Cl2N6O10Pt2+4. The Morgan fingerprint density at radius 3 is 1.18 bits per heavy atom. The zero-order valence-corrected chi connectivity index (χ0v) is 20.5. The summed E-state index contributed by atoms with van der Waals surface area (Å²) in [5.74, 6) is 0.157. The predicted molar refractivity (Wildman–Crippen MR) is 64.1 cm³/mol. The molecule has 0 aromatic rings. The molecule has 176 valence electrons. The second-order valence-electron chi connectivity index (χ2n) is 3.51. The number of hydrogen-bond acceptors (Lipinski definition) is 15. The summed E-state index contributed by atoms with van der Waals surface area (Å²) in [6, 6.07) is 0. The summed E-state index contributed by atoms with van der Waals surface area (Å²) in [4.78, 5) is 13.7. The molecule has 1 fully saturated rings. The third-order valence-corrected chi connectivity index (χ3v) is 1.67. The molecule has 1 amide bonds. The van der Waals surface area contributed by atoms with Crippen molar-refractivity contribution in [2.75, 3.05) is 13.1 Å². The number of carbonyl (C=O) groups is 1. The van der Waals surface area contributed by atoms with Gasteiger partial charge in [-0.2, -0.15) is 0 Å². The fraction of sp³-hybridized carbons (Fsp3) is 0.750. The van der Waals surface area contributed by atoms with Crippen LogP contribution in [-0.2, 0) is 46.9 Å². The van der Waals surface area contributed by atoms with Crippen LogP contribution in [0.2, 0.25) is 0 Å². The fourth-order valence-corrected chi connectivity index (χ4v) is 1.03. The maximum absolute atomic E-state index is 10.1. The van der Waals surface area contributed by atoms with E-state index in [0.717, 1.165) is 25.9 Å². The third kappa shape index (κ3) is 82.1. The molecule has 0 radical (unpaired) electrons. The first-order chi connectivity index (χ1) is 9.79. The van der Waals surface area contributed by atoms with Gasteiger partial charge in [0.2, 0.25) is 0 Å². The molecule has 0 saturated carbocycles. The Morgan fingerprint density at radius 2 is 1.11 bits per heavy atom. The van der Waals surface area contributed by atoms with Crippen molar-refractivity contribution < 1.29 is 110 Å². The van der Waals surface area contributed by atoms with E-state index in [1.807, 2.05) is 0 Å². The predicted octanol–water partition coefficient (Wildman–Crippen LogP) is -8.65. The monoisotopic (exact) mass is 824 g/mol. The van der Waals surface area contributed by atoms with Gasteiger partial charge in [0.25, 0.3) is 0 Å². The van der Waals surface area contributed by atoms with Crippen LogP contribution < -0.4 is 67.0 Å². The molecular weight excluding hydrogens is 801 g/mol. The van der Waals surface area contributed by atoms with E-state index in [-0.39, 0.29) is 78.5 Å². The summed E-state index contributed by atoms with van der Waals surface area (Å²) in [6.45, 7) is 1.53. The number of rotatable bonds is 0. The average molecular weight is 825 g/mol. The molecule has 12 N–H and O–H groups in total. The van der Waals surface area contributed by atoms with Crippen LogP contribution in [0.4, 0.5) is 0 Å². The van der Waals surface area contributed by atoms with Crippen molar-refractivity contribution in [2.24, 2.45) is 4.99 Å². The molecule has 0 aliphatic carbocycles. The number of aliphatic imine (C=N–C) groups is 1. The SMILES string of the molecule is N.N.N.N.O=C1CCC[N-]1.[O-]C1=NCCC1.[O-][Cl+3]([O-])([O-])[O-].[O-][Cl+3]([O-])([O-])[O-].[Pt+4].[Pt+4]. The van der Waals surface area contributed by atoms with E-state index in [0.29, 0.717) is 12.8 Å². The molecule has 0 spiro atoms. The van der Waals surface area contributed by atoms with Gasteiger partial charge in [0.1, 0.15) is 0 Å². The minimum absolute atomic E-state index is 0. The van der Waals surface area contributed by atoms with Gasteiger partial charge in [-0.05, 0) is 25.2 Å². The molecule has 2 rings (SSSR count). The van der Waals surface area contributed by atoms with Crippen LogP contribution in [0.1, 0.15) is 25.7 Å². The fourth-order valence-electron chi connectivity index (χ4n) is 1.03. The maximum atomic E-state index is 10.1. The van der Waals surface area contributed by atoms with Crippen LogP contribution in [0.5, 0.6) is 0 Å². The molecule has 2 aliphatic heterocycles. The molecule has 2 heterocycles. The van der Waals surface area contributed by atoms with E-state index in [1.54, 1.807) is 0 Å². The standard InChI is InChI=1S/2C4H7NO.2ClHO4.4H3N.2Pt/c2*6-4-2-1-3-5-4;2*2-1(3,4)5;;;;;;/h2*1-3H2,(H,5,6);2*(H,2,3,4,5);4*1H3;;/q;;;;;;;;2*+4/p-4. The van der Waals surface area contributed by atoms with Gasteiger partial charge in [-0.1, -0.05) is 6.42 Å². The van der Waals surface area contributed by atoms with Gasteiger partial charge >= 0.3 is 42.1 Å². The second-order valence-corrected chi connectivity index (χ2v) is 5.03. The van der Waals surface area contributed by atoms with Gasteiger partial charge in [0, 0.05) is 6.54 Å². The molecule has 0 aromatic heterocycles. The van der Waals surface area contributed by atoms with Crippen LogP contribution in [0.15, 0.2) is 4.99 Å². The number of amides is 1. The Balaban J connectivity index is -0.0000000298. The zero-order valence-electron chi connectivity index (χ0n) is 14.4. The molecule has 0 unspecified atom stereocenters. The summed E-state index contributed by atoms with van der Waals surface area (Å²) in [5, 5.41) is 13.7. The first-order valence-electron chi connectivity index (χ1n) is 5.43. The van der Waals surface area contributed by atoms with Crippen LogP contribution in [-0.4, -0.2) is 24.9 Å². The molecule has 20 heteroatoms. The van der Waals surface area contributed by atoms with Crippen molar-refractivity contribution in [2.45, 2.75) is 25.7 Å². The van der Waals surface area contributed by atoms with Crippen LogP contribution in [0.3, 0.4) is 0 Å². The molecule has 0 bridgehead atoms. The van der Waals surface area contributed by atoms with E-state index in [9.17, 15) is 9.90 Å². The number of nitrogens with zero attached hydrogens (tertiary/aromatic N) is 2. The van der Waals surface area contributed by atoms with E-state index < -0.39 is 20.5 Å². The van der Waals surface area contributed by atoms with Gasteiger partial charge in [-0.3, -0.25) is 0 Å². The van der Waals surface area contributed by atoms with Crippen molar-refractivity contribution >= 4 is 11.8 Å². The van der Waals surface area contributed by atoms with Crippen molar-refractivity contribution in [3.05, 3.63) is 5.32 Å². The third-order valence-electron chi connectivity index (χ3n) is 1.67. The normalized spacial score (nSPS) is 13.3. The average Bonchev–Trinajstić information content (AvgIpc) is 2.87. The van der Waals surface area contributed by atoms with Gasteiger partial charge in [0.05, 0.1) is 5.91 Å². The Bertz CT molecular complexity index is 330. The quantitative estimate of drug-likeness (QED) is 0.176. The van der Waals surface area contributed by atoms with Gasteiger partial charge in [-0.25, -0.2) is 37.3 Å². The Labute approximate surface area is 194 Å². The number of carbonyl (C=O) groups excluding carboxylic acids is 1. The van der Waals surface area contributed by atoms with Gasteiger partial charge < -0.3 is 44.8 Å². The van der Waals surface area contributed by atoms with Crippen LogP contribution in [0.25, 0.3) is 5.32 Å². The molecule has 2 aliphatic rings. The summed E-state index contributed by atoms with van der Waals surface area (Å²) in [6.07, 6.45) is 3.30. The molecule has 1 saturated heterocycles. The second kappa shape index (κ2) is 27.4. The number of hydrogen-bond donors (Lipinski definition) is 4. The summed E-state index contributed by atoms with van der Waals surface area (Å²) >= 11 is 0. The van der Waals surface area contributed by atoms with Crippen molar-refractivity contribution in [1.82, 2.24) is 24.6 Å². The Kier molecular flexibility index (Phi) is 50.2. The topological polar surface area (TPSA) is 391 Å². The largest absolute Gasteiger partial charge is 4.00 e. The maximum Gasteiger partial charge on any atom is 4.00 e. The van der Waals surface area contributed by atoms with Gasteiger partial charge in [0.15, 0.2) is 0 Å². The molecule has 28 heavy (non-hydrogen) atoms. The molecule has 0 atom stereocenters. The summed E-state index contributed by atoms with van der Waals surface area (Å²) in [5.41, 5.74) is 0. The first kappa shape index (κ1) is 51.2. The van der Waals surface area contributed by atoms with E-state index >= 15 is 0 Å². The van der Waals surface area contributed by atoms with E-state index in [4.69, 9.17) is 37.3 Å². The summed E-state index contributed by atoms with van der Waals surface area (Å²) < 4.78 is 67.9.